The summed E-state index contributed by atoms with van der Waals surface area (Å²) in [6.07, 6.45) is 7.58. The number of methoxy groups -OCH3 is 1. The third kappa shape index (κ3) is 9.17. The van der Waals surface area contributed by atoms with Gasteiger partial charge in [-0.15, -0.1) is 0 Å². The van der Waals surface area contributed by atoms with Gasteiger partial charge in [0.25, 0.3) is 8.32 Å². The van der Waals surface area contributed by atoms with E-state index in [1.807, 2.05) is 24.3 Å². The van der Waals surface area contributed by atoms with E-state index in [2.05, 4.69) is 105 Å². The fourth-order valence-electron chi connectivity index (χ4n) is 9.55. The number of aliphatic carboxylic acids is 1. The number of phenols is 1. The normalized spacial score (nSPS) is 21.1. The second kappa shape index (κ2) is 19.1. The summed E-state index contributed by atoms with van der Waals surface area (Å²) >= 11 is 2.13. The number of rotatable bonds is 18. The first kappa shape index (κ1) is 43.8. The van der Waals surface area contributed by atoms with Crippen molar-refractivity contribution in [3.8, 4) is 11.5 Å². The molecule has 0 radical (unpaired) electrons. The Morgan fingerprint density at radius 1 is 0.948 bits per heavy atom. The number of likely N-dealkylation sites (tertiary alicyclic amines) is 1. The lowest BCUT2D eigenvalue weighted by Crippen LogP contribution is -2.66. The van der Waals surface area contributed by atoms with Crippen molar-refractivity contribution < 1.29 is 38.5 Å². The van der Waals surface area contributed by atoms with E-state index >= 15 is 0 Å². The predicted octanol–water partition coefficient (Wildman–Crippen LogP) is 8.51. The number of carbonyl (C=O) groups excluding carboxylic acids is 2. The van der Waals surface area contributed by atoms with E-state index in [-0.39, 0.29) is 41.0 Å². The lowest BCUT2D eigenvalue weighted by molar-refractivity contribution is -0.141. The zero-order valence-corrected chi connectivity index (χ0v) is 37.6. The van der Waals surface area contributed by atoms with Crippen molar-refractivity contribution >= 4 is 65.1 Å². The van der Waals surface area contributed by atoms with E-state index in [0.29, 0.717) is 51.2 Å². The van der Waals surface area contributed by atoms with Gasteiger partial charge < -0.3 is 24.1 Å². The topological polar surface area (TPSA) is 123 Å². The van der Waals surface area contributed by atoms with Crippen molar-refractivity contribution in [3.63, 3.8) is 0 Å². The molecule has 0 bridgehead atoms. The van der Waals surface area contributed by atoms with E-state index < -0.39 is 26.1 Å². The van der Waals surface area contributed by atoms with Gasteiger partial charge in [-0.05, 0) is 105 Å². The molecule has 0 spiro atoms. The van der Waals surface area contributed by atoms with E-state index in [9.17, 15) is 19.5 Å². The van der Waals surface area contributed by atoms with Crippen molar-refractivity contribution in [1.82, 2.24) is 4.90 Å². The van der Waals surface area contributed by atoms with Crippen LogP contribution in [0.5, 0.6) is 11.5 Å². The average molecular weight is 920 g/mol. The van der Waals surface area contributed by atoms with Crippen LogP contribution in [0.3, 0.4) is 0 Å². The van der Waals surface area contributed by atoms with Gasteiger partial charge in [-0.2, -0.15) is 0 Å². The summed E-state index contributed by atoms with van der Waals surface area (Å²) in [6.45, 7) is 9.96. The van der Waals surface area contributed by atoms with Crippen LogP contribution in [0.1, 0.15) is 91.0 Å². The molecule has 310 valence electrons. The van der Waals surface area contributed by atoms with Gasteiger partial charge in [-0.3, -0.25) is 19.3 Å². The van der Waals surface area contributed by atoms with E-state index in [1.54, 1.807) is 7.11 Å². The number of phenolic OH excluding ortho intramolecular Hbond substituents is 1. The van der Waals surface area contributed by atoms with Gasteiger partial charge in [0.1, 0.15) is 0 Å². The largest absolute Gasteiger partial charge is 0.504 e. The van der Waals surface area contributed by atoms with Crippen molar-refractivity contribution in [2.75, 3.05) is 26.9 Å². The molecule has 3 aromatic rings. The van der Waals surface area contributed by atoms with Crippen LogP contribution in [0, 0.1) is 21.3 Å². The van der Waals surface area contributed by atoms with Crippen LogP contribution in [0.4, 0.5) is 0 Å². The first-order valence-corrected chi connectivity index (χ1v) is 23.7. The number of ether oxygens (including phenoxy) is 2. The standard InChI is InChI=1S/C47H58INO8Si/c1-6-16-31(25-32-26-38(48)44(52)40(27-32)55-5)22-23-39-42-33(29-57-58(47(2,3)4,34-17-10-7-11-18-34)35-19-12-8-13-20-35)28-36-43(37(42)30-56-39)46(54)49(45(36)53)24-15-9-14-21-41(50)51/h7-8,10-13,17-20,25-27,36-37,39,43,52H,6,9,14-16,21-24,28-30H2,1-5H3,(H,50,51)/b31-25+/t36-,37+,39-,43-/m1/s1. The van der Waals surface area contributed by atoms with Gasteiger partial charge in [-0.25, -0.2) is 0 Å². The lowest BCUT2D eigenvalue weighted by Gasteiger charge is -2.44. The number of carbonyl (C=O) groups is 3. The van der Waals surface area contributed by atoms with Gasteiger partial charge in [0.05, 0.1) is 41.8 Å². The molecule has 2 aliphatic heterocycles. The number of imide groups is 1. The molecule has 0 saturated carbocycles. The summed E-state index contributed by atoms with van der Waals surface area (Å²) in [5.41, 5.74) is 4.43. The van der Waals surface area contributed by atoms with Crippen molar-refractivity contribution in [1.29, 1.82) is 0 Å². The Kier molecular flexibility index (Phi) is 14.4. The molecule has 3 aromatic carbocycles. The molecule has 4 atom stereocenters. The van der Waals surface area contributed by atoms with Gasteiger partial charge in [0, 0.05) is 18.9 Å². The third-order valence-corrected chi connectivity index (χ3v) is 18.0. The van der Waals surface area contributed by atoms with Crippen molar-refractivity contribution in [2.45, 2.75) is 96.6 Å². The Labute approximate surface area is 358 Å². The smallest absolute Gasteiger partial charge is 0.303 e. The molecule has 9 nitrogen and oxygen atoms in total. The molecule has 2 N–H and O–H groups in total. The number of aromatic hydroxyl groups is 1. The van der Waals surface area contributed by atoms with E-state index in [0.717, 1.165) is 46.0 Å². The number of amides is 2. The summed E-state index contributed by atoms with van der Waals surface area (Å²) in [4.78, 5) is 40.9. The summed E-state index contributed by atoms with van der Waals surface area (Å²) in [6, 6.07) is 24.9. The summed E-state index contributed by atoms with van der Waals surface area (Å²) < 4.78 is 20.4. The molecule has 2 fully saturated rings. The van der Waals surface area contributed by atoms with Crippen LogP contribution in [0.2, 0.25) is 5.04 Å². The molecule has 2 heterocycles. The number of halogens is 1. The Hall–Kier alpha value is -3.78. The Balaban J connectivity index is 1.35. The third-order valence-electron chi connectivity index (χ3n) is 12.2. The number of hydrogen-bond donors (Lipinski definition) is 2. The highest BCUT2D eigenvalue weighted by Gasteiger charge is 2.57. The Morgan fingerprint density at radius 3 is 2.22 bits per heavy atom. The Bertz CT molecular complexity index is 1970. The average Bonchev–Trinajstić information content (AvgIpc) is 3.73. The van der Waals surface area contributed by atoms with Gasteiger partial charge in [0.2, 0.25) is 11.8 Å². The zero-order valence-electron chi connectivity index (χ0n) is 34.5. The number of allylic oxidation sites excluding steroid dienone is 1. The van der Waals surface area contributed by atoms with Gasteiger partial charge in [0.15, 0.2) is 11.5 Å². The minimum atomic E-state index is -2.93. The number of hydrogen-bond acceptors (Lipinski definition) is 7. The molecule has 6 rings (SSSR count). The second-order valence-electron chi connectivity index (χ2n) is 17.0. The first-order valence-electron chi connectivity index (χ1n) is 20.7. The number of benzene rings is 3. The van der Waals surface area contributed by atoms with Gasteiger partial charge >= 0.3 is 5.97 Å². The maximum atomic E-state index is 14.2. The molecule has 0 unspecified atom stereocenters. The summed E-state index contributed by atoms with van der Waals surface area (Å²) in [5.74, 6) is -1.72. The monoisotopic (exact) mass is 919 g/mol. The lowest BCUT2D eigenvalue weighted by atomic mass is 9.69. The molecular formula is C47H58INO8Si. The summed E-state index contributed by atoms with van der Waals surface area (Å²) in [7, 11) is -1.38. The zero-order chi connectivity index (χ0) is 41.6. The van der Waals surface area contributed by atoms with Crippen LogP contribution < -0.4 is 15.1 Å². The number of carboxylic acid groups (broad SMARTS) is 1. The molecular weight excluding hydrogens is 862 g/mol. The maximum Gasteiger partial charge on any atom is 0.303 e. The van der Waals surface area contributed by atoms with Crippen LogP contribution in [-0.2, 0) is 23.5 Å². The molecule has 0 aromatic heterocycles. The molecule has 58 heavy (non-hydrogen) atoms. The van der Waals surface area contributed by atoms with Crippen LogP contribution in [0.15, 0.2) is 89.5 Å². The highest BCUT2D eigenvalue weighted by atomic mass is 127. The molecule has 3 aliphatic rings. The second-order valence-corrected chi connectivity index (χ2v) is 22.4. The Morgan fingerprint density at radius 2 is 1.62 bits per heavy atom. The van der Waals surface area contributed by atoms with E-state index in [1.165, 1.54) is 20.8 Å². The maximum absolute atomic E-state index is 14.2. The number of nitrogens with zero attached hydrogens (tertiary/aromatic N) is 1. The van der Waals surface area contributed by atoms with Crippen LogP contribution in [0.25, 0.3) is 6.08 Å². The quantitative estimate of drug-likeness (QED) is 0.0429. The van der Waals surface area contributed by atoms with Crippen molar-refractivity contribution in [3.05, 3.63) is 98.6 Å². The highest BCUT2D eigenvalue weighted by molar-refractivity contribution is 14.1. The van der Waals surface area contributed by atoms with Gasteiger partial charge in [-0.1, -0.05) is 113 Å². The predicted molar refractivity (Wildman–Crippen MR) is 238 cm³/mol. The molecule has 11 heteroatoms. The number of fused-ring (bicyclic) bond motifs is 3. The van der Waals surface area contributed by atoms with Crippen LogP contribution >= 0.6 is 22.6 Å². The fourth-order valence-corrected chi connectivity index (χ4v) is 14.7. The highest BCUT2D eigenvalue weighted by Crippen LogP contribution is 2.51. The number of carboxylic acids is 1. The van der Waals surface area contributed by atoms with Crippen molar-refractivity contribution in [2.24, 2.45) is 17.8 Å². The van der Waals surface area contributed by atoms with E-state index in [4.69, 9.17) is 19.0 Å². The van der Waals surface area contributed by atoms with Crippen LogP contribution in [-0.4, -0.2) is 74.2 Å². The minimum absolute atomic E-state index is 0.0769. The SMILES string of the molecule is CCC/C(=C\c1cc(I)c(O)c(OC)c1)CC[C@H]1OC[C@H]2C1=C(CO[Si](c1ccccc1)(c1ccccc1)C(C)(C)C)C[C@H]1C(=O)N(CCCCCC(=O)O)C(=O)[C@H]12. The minimum Gasteiger partial charge on any atom is -0.504 e. The fraction of sp³-hybridized carbons (Fsp3) is 0.468. The molecule has 2 saturated heterocycles. The molecule has 2 amide bonds. The summed E-state index contributed by atoms with van der Waals surface area (Å²) in [5, 5.41) is 21.7. The number of unbranched alkanes of at least 4 members (excludes halogenated alkanes) is 2. The first-order chi connectivity index (χ1) is 27.8. The molecule has 1 aliphatic carbocycles.